The summed E-state index contributed by atoms with van der Waals surface area (Å²) < 4.78 is 5.30. The molecule has 1 aliphatic rings. The summed E-state index contributed by atoms with van der Waals surface area (Å²) in [4.78, 5) is 22.7. The second-order valence-corrected chi connectivity index (χ2v) is 5.60. The minimum absolute atomic E-state index is 0.0149. The highest BCUT2D eigenvalue weighted by molar-refractivity contribution is 5.82. The summed E-state index contributed by atoms with van der Waals surface area (Å²) in [7, 11) is 0. The van der Waals surface area contributed by atoms with E-state index in [-0.39, 0.29) is 18.0 Å². The summed E-state index contributed by atoms with van der Waals surface area (Å²) in [5, 5.41) is 6.87. The molecular weight excluding hydrogens is 282 g/mol. The van der Waals surface area contributed by atoms with Crippen LogP contribution in [0.5, 0.6) is 0 Å². The number of amides is 1. The summed E-state index contributed by atoms with van der Waals surface area (Å²) in [5.74, 6) is 0.975. The van der Waals surface area contributed by atoms with Gasteiger partial charge in [-0.25, -0.2) is 0 Å². The Hall–Kier alpha value is -2.28. The highest BCUT2D eigenvalue weighted by Gasteiger charge is 2.32. The van der Waals surface area contributed by atoms with Crippen LogP contribution in [0.3, 0.4) is 0 Å². The summed E-state index contributed by atoms with van der Waals surface area (Å²) in [6, 6.07) is 3.71. The number of aromatic nitrogens is 3. The van der Waals surface area contributed by atoms with Crippen LogP contribution >= 0.6 is 0 Å². The number of hydrogen-bond acceptors (Lipinski definition) is 6. The largest absolute Gasteiger partial charge is 0.353 e. The zero-order chi connectivity index (χ0) is 15.5. The Kier molecular flexibility index (Phi) is 4.15. The van der Waals surface area contributed by atoms with Crippen LogP contribution in [-0.2, 0) is 11.2 Å². The van der Waals surface area contributed by atoms with Crippen molar-refractivity contribution in [1.82, 2.24) is 25.3 Å². The van der Waals surface area contributed by atoms with Gasteiger partial charge in [0.1, 0.15) is 0 Å². The Labute approximate surface area is 128 Å². The lowest BCUT2D eigenvalue weighted by Crippen LogP contribution is -2.58. The first-order valence-corrected chi connectivity index (χ1v) is 7.41. The fourth-order valence-corrected chi connectivity index (χ4v) is 2.68. The van der Waals surface area contributed by atoms with Gasteiger partial charge in [0.05, 0.1) is 12.5 Å². The summed E-state index contributed by atoms with van der Waals surface area (Å²) >= 11 is 0. The number of carbonyl (C=O) groups is 1. The maximum absolute atomic E-state index is 12.1. The maximum Gasteiger partial charge on any atom is 0.237 e. The summed E-state index contributed by atoms with van der Waals surface area (Å²) in [6.45, 7) is 5.68. The first-order valence-electron chi connectivity index (χ1n) is 7.41. The molecule has 0 spiro atoms. The minimum Gasteiger partial charge on any atom is -0.353 e. The van der Waals surface area contributed by atoms with Gasteiger partial charge in [0.15, 0.2) is 0 Å². The Balaban J connectivity index is 1.77. The lowest BCUT2D eigenvalue weighted by atomic mass is 10.1. The van der Waals surface area contributed by atoms with Crippen LogP contribution in [-0.4, -0.2) is 51.1 Å². The standard InChI is InChI=1S/C15H19N5O2/c1-10(2)20-7-6-17-15(21)12(20)8-13-18-14(19-22-13)11-4-3-5-16-9-11/h3-5,9-10,12H,6-8H2,1-2H3,(H,17,21)/t12-/m0/s1. The van der Waals surface area contributed by atoms with Crippen LogP contribution in [0.1, 0.15) is 19.7 Å². The van der Waals surface area contributed by atoms with E-state index in [4.69, 9.17) is 4.52 Å². The fraction of sp³-hybridized carbons (Fsp3) is 0.467. The van der Waals surface area contributed by atoms with E-state index in [9.17, 15) is 4.79 Å². The highest BCUT2D eigenvalue weighted by Crippen LogP contribution is 2.17. The van der Waals surface area contributed by atoms with Gasteiger partial charge in [-0.05, 0) is 26.0 Å². The van der Waals surface area contributed by atoms with Crippen molar-refractivity contribution in [3.8, 4) is 11.4 Å². The van der Waals surface area contributed by atoms with E-state index in [2.05, 4.69) is 39.2 Å². The molecule has 2 aromatic rings. The summed E-state index contributed by atoms with van der Waals surface area (Å²) in [6.07, 6.45) is 3.79. The van der Waals surface area contributed by atoms with Gasteiger partial charge in [-0.3, -0.25) is 14.7 Å². The average Bonchev–Trinajstić information content (AvgIpc) is 2.98. The lowest BCUT2D eigenvalue weighted by Gasteiger charge is -2.37. The van der Waals surface area contributed by atoms with Crippen LogP contribution in [0.15, 0.2) is 29.0 Å². The van der Waals surface area contributed by atoms with Crippen molar-refractivity contribution in [3.05, 3.63) is 30.4 Å². The molecule has 1 N–H and O–H groups in total. The van der Waals surface area contributed by atoms with Gasteiger partial charge in [-0.1, -0.05) is 5.16 Å². The first-order chi connectivity index (χ1) is 10.6. The Morgan fingerprint density at radius 3 is 3.09 bits per heavy atom. The zero-order valence-corrected chi connectivity index (χ0v) is 12.7. The molecule has 0 saturated carbocycles. The molecule has 7 heteroatoms. The first kappa shape index (κ1) is 14.6. The van der Waals surface area contributed by atoms with Crippen LogP contribution in [0.2, 0.25) is 0 Å². The van der Waals surface area contributed by atoms with Crippen molar-refractivity contribution in [3.63, 3.8) is 0 Å². The van der Waals surface area contributed by atoms with Crippen molar-refractivity contribution in [2.24, 2.45) is 0 Å². The normalized spacial score (nSPS) is 19.4. The quantitative estimate of drug-likeness (QED) is 0.902. The Morgan fingerprint density at radius 2 is 2.36 bits per heavy atom. The van der Waals surface area contributed by atoms with Crippen molar-refractivity contribution in [1.29, 1.82) is 0 Å². The topological polar surface area (TPSA) is 84.2 Å². The molecule has 1 aliphatic heterocycles. The van der Waals surface area contributed by atoms with E-state index in [0.29, 0.717) is 24.7 Å². The molecule has 3 rings (SSSR count). The van der Waals surface area contributed by atoms with Crippen LogP contribution in [0, 0.1) is 0 Å². The smallest absolute Gasteiger partial charge is 0.237 e. The molecule has 1 atom stereocenters. The van der Waals surface area contributed by atoms with E-state index >= 15 is 0 Å². The van der Waals surface area contributed by atoms with Gasteiger partial charge in [0, 0.05) is 37.1 Å². The number of hydrogen-bond donors (Lipinski definition) is 1. The fourth-order valence-electron chi connectivity index (χ4n) is 2.68. The SMILES string of the molecule is CC(C)N1CCNC(=O)[C@@H]1Cc1nc(-c2cccnc2)no1. The minimum atomic E-state index is -0.268. The number of rotatable bonds is 4. The number of carbonyl (C=O) groups excluding carboxylic acids is 1. The predicted molar refractivity (Wildman–Crippen MR) is 79.9 cm³/mol. The van der Waals surface area contributed by atoms with E-state index in [1.807, 2.05) is 12.1 Å². The average molecular weight is 301 g/mol. The zero-order valence-electron chi connectivity index (χ0n) is 12.7. The molecule has 2 aromatic heterocycles. The van der Waals surface area contributed by atoms with Crippen molar-refractivity contribution in [2.45, 2.75) is 32.4 Å². The Morgan fingerprint density at radius 1 is 1.50 bits per heavy atom. The van der Waals surface area contributed by atoms with Gasteiger partial charge in [-0.2, -0.15) is 4.98 Å². The number of nitrogens with one attached hydrogen (secondary N) is 1. The Bertz CT molecular complexity index is 640. The van der Waals surface area contributed by atoms with E-state index in [1.165, 1.54) is 0 Å². The summed E-state index contributed by atoms with van der Waals surface area (Å²) in [5.41, 5.74) is 0.798. The highest BCUT2D eigenvalue weighted by atomic mass is 16.5. The van der Waals surface area contributed by atoms with E-state index in [1.54, 1.807) is 12.4 Å². The monoisotopic (exact) mass is 301 g/mol. The van der Waals surface area contributed by atoms with Gasteiger partial charge in [0.25, 0.3) is 0 Å². The second-order valence-electron chi connectivity index (χ2n) is 5.60. The van der Waals surface area contributed by atoms with Gasteiger partial charge < -0.3 is 9.84 Å². The molecule has 22 heavy (non-hydrogen) atoms. The number of piperazine rings is 1. The molecule has 0 unspecified atom stereocenters. The molecule has 3 heterocycles. The second kappa shape index (κ2) is 6.23. The number of pyridine rings is 1. The van der Waals surface area contributed by atoms with Gasteiger partial charge in [0.2, 0.25) is 17.6 Å². The third kappa shape index (κ3) is 2.99. The molecule has 1 saturated heterocycles. The van der Waals surface area contributed by atoms with Gasteiger partial charge in [-0.15, -0.1) is 0 Å². The van der Waals surface area contributed by atoms with E-state index < -0.39 is 0 Å². The lowest BCUT2D eigenvalue weighted by molar-refractivity contribution is -0.130. The maximum atomic E-state index is 12.1. The molecule has 1 fully saturated rings. The molecule has 0 radical (unpaired) electrons. The third-order valence-electron chi connectivity index (χ3n) is 3.79. The van der Waals surface area contributed by atoms with Crippen molar-refractivity contribution in [2.75, 3.05) is 13.1 Å². The van der Waals surface area contributed by atoms with Crippen LogP contribution in [0.25, 0.3) is 11.4 Å². The van der Waals surface area contributed by atoms with Gasteiger partial charge >= 0.3 is 0 Å². The van der Waals surface area contributed by atoms with Crippen LogP contribution in [0.4, 0.5) is 0 Å². The molecule has 0 aliphatic carbocycles. The van der Waals surface area contributed by atoms with E-state index in [0.717, 1.165) is 12.1 Å². The predicted octanol–water partition coefficient (Wildman–Crippen LogP) is 0.883. The molecule has 1 amide bonds. The molecular formula is C15H19N5O2. The van der Waals surface area contributed by atoms with Crippen molar-refractivity contribution < 1.29 is 9.32 Å². The number of nitrogens with zero attached hydrogens (tertiary/aromatic N) is 4. The van der Waals surface area contributed by atoms with Crippen molar-refractivity contribution >= 4 is 5.91 Å². The molecule has 116 valence electrons. The third-order valence-corrected chi connectivity index (χ3v) is 3.79. The van der Waals surface area contributed by atoms with Crippen LogP contribution < -0.4 is 5.32 Å². The molecule has 0 bridgehead atoms. The molecule has 7 nitrogen and oxygen atoms in total. The molecule has 0 aromatic carbocycles.